The van der Waals surface area contributed by atoms with Crippen LogP contribution in [0.2, 0.25) is 0 Å². The van der Waals surface area contributed by atoms with Crippen LogP contribution >= 0.6 is 0 Å². The molecule has 3 heterocycles. The summed E-state index contributed by atoms with van der Waals surface area (Å²) in [4.78, 5) is 16.0. The Morgan fingerprint density at radius 2 is 2.37 bits per heavy atom. The third-order valence-electron chi connectivity index (χ3n) is 4.68. The lowest BCUT2D eigenvalue weighted by Gasteiger charge is -2.13. The number of nitrogens with one attached hydrogen (secondary N) is 2. The average Bonchev–Trinajstić information content (AvgIpc) is 3.33. The summed E-state index contributed by atoms with van der Waals surface area (Å²) < 4.78 is 13.6. The number of carbonyl (C=O) groups excluding carboxylic acids is 1. The van der Waals surface area contributed by atoms with Gasteiger partial charge in [0, 0.05) is 35.8 Å². The van der Waals surface area contributed by atoms with E-state index < -0.39 is 0 Å². The lowest BCUT2D eigenvalue weighted by Crippen LogP contribution is -2.35. The second kappa shape index (κ2) is 6.98. The van der Waals surface area contributed by atoms with E-state index in [1.807, 2.05) is 45.2 Å². The van der Waals surface area contributed by atoms with Crippen LogP contribution in [-0.4, -0.2) is 39.4 Å². The number of aromatic amines is 1. The minimum atomic E-state index is -0.159. The number of amides is 1. The lowest BCUT2D eigenvalue weighted by molar-refractivity contribution is 0.0932. The summed E-state index contributed by atoms with van der Waals surface area (Å²) in [6, 6.07) is 5.67. The van der Waals surface area contributed by atoms with Crippen molar-refractivity contribution in [3.8, 4) is 11.5 Å². The van der Waals surface area contributed by atoms with Gasteiger partial charge in [0.05, 0.1) is 18.7 Å². The molecule has 1 aromatic carbocycles. The first kappa shape index (κ1) is 17.5. The number of rotatable bonds is 6. The first-order valence-corrected chi connectivity index (χ1v) is 9.31. The van der Waals surface area contributed by atoms with Gasteiger partial charge in [0.15, 0.2) is 0 Å². The molecule has 0 saturated heterocycles. The molecule has 142 valence electrons. The van der Waals surface area contributed by atoms with Crippen LogP contribution in [-0.2, 0) is 13.0 Å². The highest BCUT2D eigenvalue weighted by Crippen LogP contribution is 2.41. The number of hydrogen-bond acceptors (Lipinski definition) is 4. The predicted molar refractivity (Wildman–Crippen MR) is 102 cm³/mol. The zero-order valence-electron chi connectivity index (χ0n) is 15.8. The SMILES string of the molecule is CCOc1cc2c(c3[nH]c(C(=O)N[C@H](C)Cn4cccn4)cc13)O[C@@H](C)C2. The van der Waals surface area contributed by atoms with Crippen LogP contribution in [0.4, 0.5) is 0 Å². The molecule has 7 nitrogen and oxygen atoms in total. The molecule has 0 saturated carbocycles. The molecule has 1 amide bonds. The standard InChI is InChI=1S/C20H24N4O3/c1-4-26-17-9-14-8-13(3)27-19(14)18-15(17)10-16(23-18)20(25)22-12(2)11-24-7-5-6-21-24/h5-7,9-10,12-13,23H,4,8,11H2,1-3H3,(H,22,25)/t12-,13+/m1/s1. The van der Waals surface area contributed by atoms with Gasteiger partial charge in [0.1, 0.15) is 23.3 Å². The average molecular weight is 368 g/mol. The molecule has 0 aliphatic carbocycles. The number of carbonyl (C=O) groups is 1. The van der Waals surface area contributed by atoms with Gasteiger partial charge in [-0.2, -0.15) is 5.10 Å². The molecule has 0 spiro atoms. The Labute approximate surface area is 157 Å². The van der Waals surface area contributed by atoms with Crippen LogP contribution in [0.1, 0.15) is 36.8 Å². The maximum Gasteiger partial charge on any atom is 0.268 e. The molecule has 7 heteroatoms. The Kier molecular flexibility index (Phi) is 4.51. The van der Waals surface area contributed by atoms with Crippen molar-refractivity contribution in [2.75, 3.05) is 6.61 Å². The first-order valence-electron chi connectivity index (χ1n) is 9.31. The highest BCUT2D eigenvalue weighted by molar-refractivity contribution is 6.02. The van der Waals surface area contributed by atoms with Crippen LogP contribution in [0.3, 0.4) is 0 Å². The largest absolute Gasteiger partial charge is 0.493 e. The first-order chi connectivity index (χ1) is 13.0. The van der Waals surface area contributed by atoms with E-state index in [0.717, 1.165) is 34.4 Å². The molecule has 1 aliphatic rings. The molecule has 0 radical (unpaired) electrons. The van der Waals surface area contributed by atoms with Crippen molar-refractivity contribution in [3.05, 3.63) is 41.9 Å². The molecule has 3 aromatic rings. The Morgan fingerprint density at radius 1 is 1.52 bits per heavy atom. The smallest absolute Gasteiger partial charge is 0.268 e. The van der Waals surface area contributed by atoms with Crippen molar-refractivity contribution in [2.24, 2.45) is 0 Å². The van der Waals surface area contributed by atoms with Crippen molar-refractivity contribution in [3.63, 3.8) is 0 Å². The van der Waals surface area contributed by atoms with Crippen LogP contribution in [0.5, 0.6) is 11.5 Å². The minimum Gasteiger partial charge on any atom is -0.493 e. The molecular formula is C20H24N4O3. The Bertz CT molecular complexity index is 961. The Balaban J connectivity index is 1.61. The van der Waals surface area contributed by atoms with Crippen LogP contribution in [0.15, 0.2) is 30.6 Å². The third kappa shape index (κ3) is 3.37. The minimum absolute atomic E-state index is 0.0582. The van der Waals surface area contributed by atoms with E-state index in [1.165, 1.54) is 0 Å². The molecule has 2 aromatic heterocycles. The molecule has 1 aliphatic heterocycles. The molecule has 2 atom stereocenters. The highest BCUT2D eigenvalue weighted by atomic mass is 16.5. The molecule has 0 fully saturated rings. The maximum absolute atomic E-state index is 12.7. The Hall–Kier alpha value is -2.96. The van der Waals surface area contributed by atoms with Crippen molar-refractivity contribution < 1.29 is 14.3 Å². The topological polar surface area (TPSA) is 81.2 Å². The third-order valence-corrected chi connectivity index (χ3v) is 4.68. The summed E-state index contributed by atoms with van der Waals surface area (Å²) in [6.45, 7) is 7.13. The van der Waals surface area contributed by atoms with Crippen molar-refractivity contribution >= 4 is 16.8 Å². The number of nitrogens with zero attached hydrogens (tertiary/aromatic N) is 2. The lowest BCUT2D eigenvalue weighted by atomic mass is 10.1. The summed E-state index contributed by atoms with van der Waals surface area (Å²) >= 11 is 0. The summed E-state index contributed by atoms with van der Waals surface area (Å²) in [5.41, 5.74) is 2.43. The maximum atomic E-state index is 12.7. The van der Waals surface area contributed by atoms with Crippen molar-refractivity contribution in [2.45, 2.75) is 45.9 Å². The van der Waals surface area contributed by atoms with E-state index >= 15 is 0 Å². The fourth-order valence-electron chi connectivity index (χ4n) is 3.56. The van der Waals surface area contributed by atoms with E-state index in [1.54, 1.807) is 10.9 Å². The second-order valence-corrected chi connectivity index (χ2v) is 7.00. The fraction of sp³-hybridized carbons (Fsp3) is 0.400. The fourth-order valence-corrected chi connectivity index (χ4v) is 3.56. The number of hydrogen-bond donors (Lipinski definition) is 2. The zero-order valence-corrected chi connectivity index (χ0v) is 15.8. The zero-order chi connectivity index (χ0) is 19.0. The van der Waals surface area contributed by atoms with Gasteiger partial charge < -0.3 is 19.8 Å². The number of aromatic nitrogens is 3. The van der Waals surface area contributed by atoms with Crippen molar-refractivity contribution in [1.29, 1.82) is 0 Å². The number of ether oxygens (including phenoxy) is 2. The monoisotopic (exact) mass is 368 g/mol. The van der Waals surface area contributed by atoms with Gasteiger partial charge >= 0.3 is 0 Å². The second-order valence-electron chi connectivity index (χ2n) is 7.00. The number of fused-ring (bicyclic) bond motifs is 3. The molecule has 0 bridgehead atoms. The highest BCUT2D eigenvalue weighted by Gasteiger charge is 2.26. The quantitative estimate of drug-likeness (QED) is 0.701. The molecule has 2 N–H and O–H groups in total. The Morgan fingerprint density at radius 3 is 3.11 bits per heavy atom. The van der Waals surface area contributed by atoms with E-state index in [4.69, 9.17) is 9.47 Å². The molecule has 27 heavy (non-hydrogen) atoms. The summed E-state index contributed by atoms with van der Waals surface area (Å²) in [6.07, 6.45) is 4.56. The summed E-state index contributed by atoms with van der Waals surface area (Å²) in [5, 5.41) is 8.05. The van der Waals surface area contributed by atoms with Crippen molar-refractivity contribution in [1.82, 2.24) is 20.1 Å². The van der Waals surface area contributed by atoms with Crippen LogP contribution < -0.4 is 14.8 Å². The van der Waals surface area contributed by atoms with E-state index in [0.29, 0.717) is 18.8 Å². The molecular weight excluding hydrogens is 344 g/mol. The van der Waals surface area contributed by atoms with Gasteiger partial charge in [-0.1, -0.05) is 0 Å². The summed E-state index contributed by atoms with van der Waals surface area (Å²) in [5.74, 6) is 1.45. The van der Waals surface area contributed by atoms with Gasteiger partial charge in [0.2, 0.25) is 0 Å². The number of H-pyrrole nitrogens is 1. The molecule has 4 rings (SSSR count). The number of benzene rings is 1. The summed E-state index contributed by atoms with van der Waals surface area (Å²) in [7, 11) is 0. The normalized spacial score (nSPS) is 16.8. The van der Waals surface area contributed by atoms with E-state index in [-0.39, 0.29) is 18.1 Å². The molecule has 0 unspecified atom stereocenters. The van der Waals surface area contributed by atoms with E-state index in [2.05, 4.69) is 15.4 Å². The predicted octanol–water partition coefficient (Wildman–Crippen LogP) is 2.91. The van der Waals surface area contributed by atoms with Gasteiger partial charge in [-0.25, -0.2) is 0 Å². The van der Waals surface area contributed by atoms with E-state index in [9.17, 15) is 4.79 Å². The van der Waals surface area contributed by atoms with Gasteiger partial charge in [-0.15, -0.1) is 0 Å². The van der Waals surface area contributed by atoms with Crippen LogP contribution in [0, 0.1) is 0 Å². The van der Waals surface area contributed by atoms with Gasteiger partial charge in [0.25, 0.3) is 5.91 Å². The van der Waals surface area contributed by atoms with Gasteiger partial charge in [-0.3, -0.25) is 9.48 Å². The van der Waals surface area contributed by atoms with Gasteiger partial charge in [-0.05, 0) is 39.0 Å². The van der Waals surface area contributed by atoms with Crippen LogP contribution in [0.25, 0.3) is 10.9 Å².